The quantitative estimate of drug-likeness (QED) is 0.339. The Labute approximate surface area is 245 Å². The van der Waals surface area contributed by atoms with Gasteiger partial charge in [0.2, 0.25) is 15.3 Å². The molecule has 1 saturated carbocycles. The Kier molecular flexibility index (Phi) is 7.32. The largest absolute Gasteiger partial charge is 0.489 e. The van der Waals surface area contributed by atoms with Crippen LogP contribution in [0.25, 0.3) is 10.9 Å². The summed E-state index contributed by atoms with van der Waals surface area (Å²) in [6.07, 6.45) is 3.48. The van der Waals surface area contributed by atoms with Crippen LogP contribution in [0.3, 0.4) is 0 Å². The van der Waals surface area contributed by atoms with Gasteiger partial charge in [-0.05, 0) is 55.3 Å². The number of fused-ring (bicyclic) bond motifs is 3. The van der Waals surface area contributed by atoms with Gasteiger partial charge in [-0.3, -0.25) is 14.5 Å². The van der Waals surface area contributed by atoms with Crippen molar-refractivity contribution in [2.45, 2.75) is 42.1 Å². The molecule has 1 atom stereocenters. The molecule has 10 nitrogen and oxygen atoms in total. The molecule has 0 unspecified atom stereocenters. The molecule has 1 aromatic carbocycles. The van der Waals surface area contributed by atoms with Gasteiger partial charge in [-0.2, -0.15) is 0 Å². The van der Waals surface area contributed by atoms with Gasteiger partial charge in [0.25, 0.3) is 5.91 Å². The van der Waals surface area contributed by atoms with Crippen LogP contribution >= 0.6 is 0 Å². The predicted octanol–water partition coefficient (Wildman–Crippen LogP) is 4.75. The zero-order valence-electron chi connectivity index (χ0n) is 22.6. The number of halogens is 3. The average molecular weight is 616 g/mol. The number of nitrogens with zero attached hydrogens (tertiary/aromatic N) is 4. The minimum absolute atomic E-state index is 0. The number of alkyl halides is 1. The van der Waals surface area contributed by atoms with E-state index in [0.717, 1.165) is 41.9 Å². The van der Waals surface area contributed by atoms with Crippen LogP contribution < -0.4 is 19.7 Å². The van der Waals surface area contributed by atoms with Gasteiger partial charge in [-0.1, -0.05) is 0 Å². The molecule has 4 aromatic rings. The van der Waals surface area contributed by atoms with Crippen LogP contribution in [0.2, 0.25) is 0 Å². The average Bonchev–Trinajstić information content (AvgIpc) is 3.85. The lowest BCUT2D eigenvalue weighted by Gasteiger charge is -2.29. The van der Waals surface area contributed by atoms with Crippen LogP contribution in [0.5, 0.6) is 11.5 Å². The molecule has 3 aromatic heterocycles. The molecular weight excluding hydrogens is 587 g/mol. The number of benzene rings is 1. The Bertz CT molecular complexity index is 1860. The van der Waals surface area contributed by atoms with Gasteiger partial charge in [0, 0.05) is 36.6 Å². The van der Waals surface area contributed by atoms with Crippen LogP contribution in [0, 0.1) is 5.82 Å². The number of carbonyl (C=O) groups excluding carboxylic acids is 1. The normalized spacial score (nSPS) is 18.7. The summed E-state index contributed by atoms with van der Waals surface area (Å²) in [6.45, 7) is 0.742. The third-order valence-corrected chi connectivity index (χ3v) is 9.34. The highest BCUT2D eigenvalue weighted by Crippen LogP contribution is 2.43. The van der Waals surface area contributed by atoms with Crippen LogP contribution in [0.15, 0.2) is 53.6 Å². The fraction of sp³-hybridized carbons (Fsp3) is 0.310. The van der Waals surface area contributed by atoms with E-state index < -0.39 is 44.1 Å². The van der Waals surface area contributed by atoms with E-state index in [1.165, 1.54) is 0 Å². The minimum Gasteiger partial charge on any atom is -0.489 e. The first-order chi connectivity index (χ1) is 20.3. The van der Waals surface area contributed by atoms with Crippen molar-refractivity contribution in [2.24, 2.45) is 0 Å². The zero-order chi connectivity index (χ0) is 29.0. The van der Waals surface area contributed by atoms with Crippen LogP contribution in [-0.2, 0) is 16.4 Å². The van der Waals surface area contributed by atoms with E-state index in [1.54, 1.807) is 12.3 Å². The standard InChI is InChI=1S/C29H25F2N5O5S.FH.H2/c30-20-11-18(12-24-27(20)41-9-7-25(31)42(24,38)39)29(37)33-15-19-13-22-17(14-32-19)3-6-26(34-22)36-8-10-40-23-5-4-21(16-1-2-16)35-28(23)36;;/h3-6,11-14,16,25H,1-2,7-10,15H2,(H,33,37);2*1H/t25-;;/m1../s1. The Morgan fingerprint density at radius 3 is 2.72 bits per heavy atom. The molecule has 1 N–H and O–H groups in total. The summed E-state index contributed by atoms with van der Waals surface area (Å²) >= 11 is 0. The van der Waals surface area contributed by atoms with Crippen LogP contribution in [0.1, 0.15) is 48.4 Å². The fourth-order valence-corrected chi connectivity index (χ4v) is 6.49. The lowest BCUT2D eigenvalue weighted by atomic mass is 10.2. The number of amides is 1. The van der Waals surface area contributed by atoms with Gasteiger partial charge >= 0.3 is 0 Å². The highest BCUT2D eigenvalue weighted by Gasteiger charge is 2.36. The number of sulfone groups is 1. The number of ether oxygens (including phenoxy) is 2. The van der Waals surface area contributed by atoms with Gasteiger partial charge < -0.3 is 19.7 Å². The van der Waals surface area contributed by atoms with Crippen molar-refractivity contribution in [3.8, 4) is 11.5 Å². The van der Waals surface area contributed by atoms with Crippen molar-refractivity contribution in [3.05, 3.63) is 71.4 Å². The highest BCUT2D eigenvalue weighted by molar-refractivity contribution is 7.92. The lowest BCUT2D eigenvalue weighted by molar-refractivity contribution is 0.0949. The Morgan fingerprint density at radius 2 is 1.91 bits per heavy atom. The molecule has 7 rings (SSSR count). The molecule has 0 radical (unpaired) electrons. The number of pyridine rings is 3. The molecule has 14 heteroatoms. The SMILES string of the molecule is F.O=C(NCc1cc2nc(N3CCOc4ccc(C5CC5)nc43)ccc2cn1)c1cc(F)c2c(c1)S(=O)(=O)[C@@H](F)CCO2.[HH]. The smallest absolute Gasteiger partial charge is 0.251 e. The van der Waals surface area contributed by atoms with Crippen molar-refractivity contribution in [1.82, 2.24) is 20.3 Å². The van der Waals surface area contributed by atoms with E-state index in [-0.39, 0.29) is 24.8 Å². The van der Waals surface area contributed by atoms with Gasteiger partial charge in [-0.25, -0.2) is 27.2 Å². The zero-order valence-corrected chi connectivity index (χ0v) is 23.4. The maximum absolute atomic E-state index is 14.7. The second-order valence-electron chi connectivity index (χ2n) is 10.4. The van der Waals surface area contributed by atoms with Gasteiger partial charge in [-0.15, -0.1) is 0 Å². The summed E-state index contributed by atoms with van der Waals surface area (Å²) in [7, 11) is -4.51. The van der Waals surface area contributed by atoms with E-state index in [0.29, 0.717) is 41.8 Å². The number of nitrogens with one attached hydrogen (secondary N) is 1. The molecular formula is C29H28F3N5O5S. The number of hydrogen-bond acceptors (Lipinski definition) is 9. The first-order valence-corrected chi connectivity index (χ1v) is 15.1. The summed E-state index contributed by atoms with van der Waals surface area (Å²) in [5, 5.41) is 3.41. The Morgan fingerprint density at radius 1 is 1.07 bits per heavy atom. The summed E-state index contributed by atoms with van der Waals surface area (Å²) in [4.78, 5) is 28.3. The first-order valence-electron chi connectivity index (χ1n) is 13.6. The fourth-order valence-electron chi connectivity index (χ4n) is 5.10. The predicted molar refractivity (Wildman–Crippen MR) is 153 cm³/mol. The molecule has 43 heavy (non-hydrogen) atoms. The lowest BCUT2D eigenvalue weighted by Crippen LogP contribution is -2.30. The van der Waals surface area contributed by atoms with E-state index in [4.69, 9.17) is 19.4 Å². The third kappa shape index (κ3) is 5.31. The molecule has 1 aliphatic carbocycles. The highest BCUT2D eigenvalue weighted by atomic mass is 32.2. The number of rotatable bonds is 5. The van der Waals surface area contributed by atoms with Crippen LogP contribution in [0.4, 0.5) is 25.1 Å². The summed E-state index contributed by atoms with van der Waals surface area (Å²) in [5.41, 5.74) is -0.356. The first kappa shape index (κ1) is 28.6. The minimum atomic E-state index is -4.51. The second kappa shape index (κ2) is 11.0. The molecule has 226 valence electrons. The topological polar surface area (TPSA) is 124 Å². The summed E-state index contributed by atoms with van der Waals surface area (Å²) in [5.74, 6) is 0.250. The Balaban J connectivity index is 0.00000192. The molecule has 2 aliphatic heterocycles. The number of carbonyl (C=O) groups is 1. The second-order valence-corrected chi connectivity index (χ2v) is 12.5. The molecule has 0 bridgehead atoms. The van der Waals surface area contributed by atoms with Gasteiger partial charge in [0.1, 0.15) is 17.3 Å². The molecule has 0 spiro atoms. The van der Waals surface area contributed by atoms with Crippen molar-refractivity contribution >= 4 is 38.3 Å². The van der Waals surface area contributed by atoms with Crippen molar-refractivity contribution in [2.75, 3.05) is 24.7 Å². The molecule has 1 fully saturated rings. The van der Waals surface area contributed by atoms with Gasteiger partial charge in [0.15, 0.2) is 23.1 Å². The number of anilines is 2. The molecule has 0 saturated heterocycles. The monoisotopic (exact) mass is 615 g/mol. The summed E-state index contributed by atoms with van der Waals surface area (Å²) in [6, 6.07) is 11.3. The van der Waals surface area contributed by atoms with E-state index in [2.05, 4.69) is 10.3 Å². The van der Waals surface area contributed by atoms with Crippen molar-refractivity contribution in [3.63, 3.8) is 0 Å². The molecule has 1 amide bonds. The van der Waals surface area contributed by atoms with Crippen LogP contribution in [-0.4, -0.2) is 54.5 Å². The van der Waals surface area contributed by atoms with E-state index >= 15 is 0 Å². The molecule has 3 aliphatic rings. The van der Waals surface area contributed by atoms with Crippen molar-refractivity contribution < 1.29 is 37.6 Å². The van der Waals surface area contributed by atoms with Gasteiger partial charge in [0.05, 0.1) is 30.9 Å². The summed E-state index contributed by atoms with van der Waals surface area (Å²) < 4.78 is 64.9. The number of aromatic nitrogens is 3. The van der Waals surface area contributed by atoms with E-state index in [9.17, 15) is 22.0 Å². The Hall–Kier alpha value is -4.46. The maximum Gasteiger partial charge on any atom is 0.251 e. The maximum atomic E-state index is 14.7. The number of hydrogen-bond donors (Lipinski definition) is 1. The van der Waals surface area contributed by atoms with Crippen molar-refractivity contribution in [1.29, 1.82) is 0 Å². The van der Waals surface area contributed by atoms with E-state index in [1.807, 2.05) is 29.2 Å². The molecule has 5 heterocycles. The third-order valence-electron chi connectivity index (χ3n) is 7.51.